The molecule has 0 saturated heterocycles. The van der Waals surface area contributed by atoms with Crippen molar-refractivity contribution in [1.29, 1.82) is 0 Å². The van der Waals surface area contributed by atoms with E-state index in [9.17, 15) is 9.59 Å². The number of aromatic nitrogens is 4. The SMILES string of the molecule is CC1=NN(c2nn[nH]n2)C(=O)/C1=C\c1ccc(-c2ccc3c(c2)COC3=O)o1.Cl. The maximum atomic E-state index is 12.6. The molecule has 3 aromatic rings. The molecule has 1 aromatic carbocycles. The Hall–Kier alpha value is -3.79. The third-order valence-electron chi connectivity index (χ3n) is 4.47. The van der Waals surface area contributed by atoms with Gasteiger partial charge in [0.15, 0.2) is 0 Å². The summed E-state index contributed by atoms with van der Waals surface area (Å²) in [5, 5.41) is 18.5. The van der Waals surface area contributed by atoms with Gasteiger partial charge in [-0.1, -0.05) is 11.2 Å². The monoisotopic (exact) mass is 412 g/mol. The van der Waals surface area contributed by atoms with Gasteiger partial charge in [0.05, 0.1) is 16.8 Å². The summed E-state index contributed by atoms with van der Waals surface area (Å²) in [6.45, 7) is 1.97. The Balaban J connectivity index is 0.00000205. The molecule has 0 unspecified atom stereocenters. The predicted octanol–water partition coefficient (Wildman–Crippen LogP) is 2.36. The van der Waals surface area contributed by atoms with Gasteiger partial charge in [0.1, 0.15) is 18.1 Å². The highest BCUT2D eigenvalue weighted by Gasteiger charge is 2.31. The van der Waals surface area contributed by atoms with E-state index in [1.54, 1.807) is 37.3 Å². The lowest BCUT2D eigenvalue weighted by Gasteiger charge is -2.04. The van der Waals surface area contributed by atoms with Gasteiger partial charge in [0, 0.05) is 11.1 Å². The zero-order valence-electron chi connectivity index (χ0n) is 14.9. The number of nitrogens with one attached hydrogen (secondary N) is 1. The van der Waals surface area contributed by atoms with Crippen molar-refractivity contribution in [1.82, 2.24) is 20.6 Å². The van der Waals surface area contributed by atoms with Crippen molar-refractivity contribution in [2.75, 3.05) is 5.01 Å². The largest absolute Gasteiger partial charge is 0.457 e. The number of carbonyl (C=O) groups is 2. The first-order valence-corrected chi connectivity index (χ1v) is 8.35. The van der Waals surface area contributed by atoms with E-state index < -0.39 is 0 Å². The number of fused-ring (bicyclic) bond motifs is 1. The summed E-state index contributed by atoms with van der Waals surface area (Å²) in [6.07, 6.45) is 1.62. The molecule has 0 bridgehead atoms. The molecule has 1 amide bonds. The summed E-state index contributed by atoms with van der Waals surface area (Å²) in [5.41, 5.74) is 3.10. The van der Waals surface area contributed by atoms with Gasteiger partial charge in [0.25, 0.3) is 11.9 Å². The summed E-state index contributed by atoms with van der Waals surface area (Å²) < 4.78 is 10.9. The van der Waals surface area contributed by atoms with E-state index in [0.29, 0.717) is 28.4 Å². The number of furan rings is 1. The van der Waals surface area contributed by atoms with Crippen LogP contribution in [-0.2, 0) is 16.1 Å². The number of nitrogens with zero attached hydrogens (tertiary/aromatic N) is 5. The van der Waals surface area contributed by atoms with Gasteiger partial charge in [-0.3, -0.25) is 4.79 Å². The lowest BCUT2D eigenvalue weighted by Crippen LogP contribution is -2.22. The fourth-order valence-corrected chi connectivity index (χ4v) is 3.08. The minimum atomic E-state index is -0.370. The molecule has 0 saturated carbocycles. The molecule has 0 atom stereocenters. The number of anilines is 1. The average Bonchev–Trinajstić information content (AvgIpc) is 3.47. The maximum absolute atomic E-state index is 12.6. The number of halogens is 1. The van der Waals surface area contributed by atoms with Crippen LogP contribution in [0.5, 0.6) is 0 Å². The van der Waals surface area contributed by atoms with Crippen molar-refractivity contribution in [3.05, 3.63) is 52.8 Å². The van der Waals surface area contributed by atoms with Gasteiger partial charge in [-0.2, -0.15) is 15.3 Å². The molecule has 10 nitrogen and oxygen atoms in total. The Labute approximate surface area is 169 Å². The molecule has 29 heavy (non-hydrogen) atoms. The number of hydrazone groups is 1. The van der Waals surface area contributed by atoms with E-state index in [4.69, 9.17) is 9.15 Å². The predicted molar refractivity (Wildman–Crippen MR) is 103 cm³/mol. The first-order valence-electron chi connectivity index (χ1n) is 8.35. The molecule has 146 valence electrons. The topological polar surface area (TPSA) is 127 Å². The number of hydrogen-bond donors (Lipinski definition) is 1. The van der Waals surface area contributed by atoms with Crippen molar-refractivity contribution in [3.8, 4) is 11.3 Å². The first kappa shape index (κ1) is 18.6. The van der Waals surface area contributed by atoms with E-state index in [1.807, 2.05) is 6.07 Å². The second-order valence-corrected chi connectivity index (χ2v) is 6.22. The third-order valence-corrected chi connectivity index (χ3v) is 4.47. The van der Waals surface area contributed by atoms with Crippen molar-refractivity contribution >= 4 is 42.0 Å². The molecular formula is C18H13ClN6O4. The Morgan fingerprint density at radius 3 is 2.86 bits per heavy atom. The van der Waals surface area contributed by atoms with Gasteiger partial charge in [-0.25, -0.2) is 4.79 Å². The molecular weight excluding hydrogens is 400 g/mol. The standard InChI is InChI=1S/C18H12N6O4.ClH/c1-9-14(16(25)24(21-9)18-19-22-23-20-18)7-12-3-5-15(28-12)10-2-4-13-11(6-10)8-27-17(13)26;/h2-7H,8H2,1H3,(H,19,20,22,23);1H/b14-7-;. The van der Waals surface area contributed by atoms with Crippen LogP contribution in [0.25, 0.3) is 17.4 Å². The molecule has 1 N–H and O–H groups in total. The highest BCUT2D eigenvalue weighted by molar-refractivity contribution is 6.31. The molecule has 2 aliphatic heterocycles. The van der Waals surface area contributed by atoms with Crippen LogP contribution in [0.3, 0.4) is 0 Å². The summed E-state index contributed by atoms with van der Waals surface area (Å²) in [6, 6.07) is 8.94. The molecule has 0 spiro atoms. The lowest BCUT2D eigenvalue weighted by molar-refractivity contribution is -0.114. The normalized spacial score (nSPS) is 16.7. The van der Waals surface area contributed by atoms with Crippen LogP contribution in [-0.4, -0.2) is 38.2 Å². The highest BCUT2D eigenvalue weighted by Crippen LogP contribution is 2.29. The van der Waals surface area contributed by atoms with Crippen LogP contribution >= 0.6 is 12.4 Å². The minimum Gasteiger partial charge on any atom is -0.457 e. The zero-order valence-corrected chi connectivity index (χ0v) is 15.8. The second-order valence-electron chi connectivity index (χ2n) is 6.22. The Kier molecular flexibility index (Phi) is 4.47. The molecule has 2 aliphatic rings. The molecule has 5 rings (SSSR count). The fraction of sp³-hybridized carbons (Fsp3) is 0.111. The number of H-pyrrole nitrogens is 1. The molecule has 0 radical (unpaired) electrons. The molecule has 0 fully saturated rings. The zero-order chi connectivity index (χ0) is 19.3. The minimum absolute atomic E-state index is 0. The number of esters is 1. The molecule has 0 aliphatic carbocycles. The van der Waals surface area contributed by atoms with E-state index >= 15 is 0 Å². The van der Waals surface area contributed by atoms with Crippen LogP contribution in [0.1, 0.15) is 28.6 Å². The molecule has 4 heterocycles. The van der Waals surface area contributed by atoms with E-state index in [1.165, 1.54) is 0 Å². The number of cyclic esters (lactones) is 1. The van der Waals surface area contributed by atoms with E-state index in [0.717, 1.165) is 16.1 Å². The van der Waals surface area contributed by atoms with Gasteiger partial charge >= 0.3 is 5.97 Å². The van der Waals surface area contributed by atoms with Gasteiger partial charge < -0.3 is 9.15 Å². The van der Waals surface area contributed by atoms with Crippen LogP contribution < -0.4 is 5.01 Å². The summed E-state index contributed by atoms with van der Waals surface area (Å²) in [4.78, 5) is 24.2. The Bertz CT molecular complexity index is 1180. The summed E-state index contributed by atoms with van der Waals surface area (Å²) in [5.74, 6) is 0.500. The second kappa shape index (κ2) is 6.99. The number of benzene rings is 1. The van der Waals surface area contributed by atoms with Gasteiger partial charge in [-0.15, -0.1) is 17.5 Å². The van der Waals surface area contributed by atoms with E-state index in [2.05, 4.69) is 25.7 Å². The van der Waals surface area contributed by atoms with Crippen molar-refractivity contribution in [2.45, 2.75) is 13.5 Å². The lowest BCUT2D eigenvalue weighted by atomic mass is 10.0. The first-order chi connectivity index (χ1) is 13.6. The quantitative estimate of drug-likeness (QED) is 0.516. The third kappa shape index (κ3) is 3.09. The molecule has 2 aromatic heterocycles. The van der Waals surface area contributed by atoms with Crippen LogP contribution in [0.4, 0.5) is 5.95 Å². The number of amides is 1. The van der Waals surface area contributed by atoms with Gasteiger partial charge in [0.2, 0.25) is 0 Å². The number of rotatable bonds is 3. The smallest absolute Gasteiger partial charge is 0.338 e. The van der Waals surface area contributed by atoms with Crippen LogP contribution in [0.2, 0.25) is 0 Å². The van der Waals surface area contributed by atoms with Crippen LogP contribution in [0.15, 0.2) is 45.4 Å². The number of ether oxygens (including phenoxy) is 1. The number of hydrogen-bond acceptors (Lipinski definition) is 8. The molecule has 11 heteroatoms. The summed E-state index contributed by atoms with van der Waals surface area (Å²) >= 11 is 0. The fourth-order valence-electron chi connectivity index (χ4n) is 3.08. The Morgan fingerprint density at radius 2 is 2.07 bits per heavy atom. The van der Waals surface area contributed by atoms with Gasteiger partial charge in [-0.05, 0) is 42.5 Å². The van der Waals surface area contributed by atoms with Crippen molar-refractivity contribution in [2.24, 2.45) is 5.10 Å². The number of aromatic amines is 1. The van der Waals surface area contributed by atoms with Crippen molar-refractivity contribution < 1.29 is 18.7 Å². The van der Waals surface area contributed by atoms with E-state index in [-0.39, 0.29) is 36.8 Å². The van der Waals surface area contributed by atoms with Crippen LogP contribution in [0, 0.1) is 0 Å². The summed E-state index contributed by atoms with van der Waals surface area (Å²) in [7, 11) is 0. The Morgan fingerprint density at radius 1 is 1.21 bits per heavy atom. The highest BCUT2D eigenvalue weighted by atomic mass is 35.5. The van der Waals surface area contributed by atoms with Crippen molar-refractivity contribution in [3.63, 3.8) is 0 Å². The average molecular weight is 413 g/mol. The number of tetrazole rings is 1. The maximum Gasteiger partial charge on any atom is 0.338 e. The number of carbonyl (C=O) groups excluding carboxylic acids is 2.